The fourth-order valence-corrected chi connectivity index (χ4v) is 1.97. The maximum absolute atomic E-state index is 11.9. The second kappa shape index (κ2) is 7.23. The minimum absolute atomic E-state index is 0.0133. The lowest BCUT2D eigenvalue weighted by Gasteiger charge is -2.22. The molecule has 1 unspecified atom stereocenters. The molecule has 2 rings (SSSR count). The van der Waals surface area contributed by atoms with Gasteiger partial charge in [-0.2, -0.15) is 0 Å². The summed E-state index contributed by atoms with van der Waals surface area (Å²) in [7, 11) is 1.67. The molecule has 5 heteroatoms. The van der Waals surface area contributed by atoms with Gasteiger partial charge in [0, 0.05) is 20.2 Å². The first kappa shape index (κ1) is 14.0. The van der Waals surface area contributed by atoms with Gasteiger partial charge in [0.15, 0.2) is 0 Å². The number of methoxy groups -OCH3 is 1. The number of hydrogen-bond acceptors (Lipinski definition) is 4. The molecular weight excluding hydrogens is 244 g/mol. The third-order valence-corrected chi connectivity index (χ3v) is 3.04. The highest BCUT2D eigenvalue weighted by Crippen LogP contribution is 2.05. The lowest BCUT2D eigenvalue weighted by Crippen LogP contribution is -2.51. The number of rotatable bonds is 5. The van der Waals surface area contributed by atoms with E-state index in [0.717, 1.165) is 17.7 Å². The normalized spacial score (nSPS) is 19.1. The first-order valence-corrected chi connectivity index (χ1v) is 6.45. The zero-order chi connectivity index (χ0) is 13.5. The molecule has 0 aliphatic carbocycles. The van der Waals surface area contributed by atoms with Crippen molar-refractivity contribution < 1.29 is 14.3 Å². The molecule has 1 heterocycles. The van der Waals surface area contributed by atoms with Gasteiger partial charge >= 0.3 is 0 Å². The van der Waals surface area contributed by atoms with Gasteiger partial charge in [-0.3, -0.25) is 4.79 Å². The Hall–Kier alpha value is -1.43. The number of morpholine rings is 1. The SMILES string of the molecule is COCc1ccc(CNC(=O)C2COCCN2)cc1. The topological polar surface area (TPSA) is 59.6 Å². The molecule has 1 aromatic rings. The van der Waals surface area contributed by atoms with Crippen molar-refractivity contribution >= 4 is 5.91 Å². The molecule has 0 aromatic heterocycles. The van der Waals surface area contributed by atoms with Crippen LogP contribution in [0.2, 0.25) is 0 Å². The summed E-state index contributed by atoms with van der Waals surface area (Å²) < 4.78 is 10.3. The van der Waals surface area contributed by atoms with Crippen molar-refractivity contribution in [2.75, 3.05) is 26.9 Å². The van der Waals surface area contributed by atoms with Gasteiger partial charge in [0.05, 0.1) is 19.8 Å². The summed E-state index contributed by atoms with van der Waals surface area (Å²) >= 11 is 0. The molecule has 1 amide bonds. The molecule has 0 bridgehead atoms. The summed E-state index contributed by atoms with van der Waals surface area (Å²) in [5.41, 5.74) is 2.20. The Labute approximate surface area is 113 Å². The van der Waals surface area contributed by atoms with Crippen molar-refractivity contribution in [1.29, 1.82) is 0 Å². The zero-order valence-electron chi connectivity index (χ0n) is 11.1. The van der Waals surface area contributed by atoms with Crippen molar-refractivity contribution in [2.24, 2.45) is 0 Å². The summed E-state index contributed by atoms with van der Waals surface area (Å²) in [6, 6.07) is 7.78. The molecular formula is C14H20N2O3. The van der Waals surface area contributed by atoms with Crippen LogP contribution in [0.1, 0.15) is 11.1 Å². The smallest absolute Gasteiger partial charge is 0.239 e. The molecule has 1 fully saturated rings. The van der Waals surface area contributed by atoms with Gasteiger partial charge in [-0.05, 0) is 11.1 Å². The average molecular weight is 264 g/mol. The number of carbonyl (C=O) groups is 1. The molecule has 1 saturated heterocycles. The van der Waals surface area contributed by atoms with Gasteiger partial charge in [-0.1, -0.05) is 24.3 Å². The van der Waals surface area contributed by atoms with Crippen molar-refractivity contribution in [1.82, 2.24) is 10.6 Å². The summed E-state index contributed by atoms with van der Waals surface area (Å²) in [4.78, 5) is 11.9. The molecule has 2 N–H and O–H groups in total. The van der Waals surface area contributed by atoms with Crippen LogP contribution in [0, 0.1) is 0 Å². The fourth-order valence-electron chi connectivity index (χ4n) is 1.97. The molecule has 1 aromatic carbocycles. The first-order chi connectivity index (χ1) is 9.29. The van der Waals surface area contributed by atoms with Crippen LogP contribution in [-0.4, -0.2) is 38.8 Å². The van der Waals surface area contributed by atoms with Gasteiger partial charge < -0.3 is 20.1 Å². The van der Waals surface area contributed by atoms with Crippen LogP contribution in [0.4, 0.5) is 0 Å². The average Bonchev–Trinajstić information content (AvgIpc) is 2.47. The van der Waals surface area contributed by atoms with E-state index < -0.39 is 0 Å². The van der Waals surface area contributed by atoms with E-state index in [9.17, 15) is 4.79 Å². The summed E-state index contributed by atoms with van der Waals surface area (Å²) in [5.74, 6) is -0.0133. The van der Waals surface area contributed by atoms with E-state index in [2.05, 4.69) is 10.6 Å². The van der Waals surface area contributed by atoms with Crippen LogP contribution in [-0.2, 0) is 27.4 Å². The molecule has 0 radical (unpaired) electrons. The van der Waals surface area contributed by atoms with Crippen LogP contribution in [0.5, 0.6) is 0 Å². The maximum Gasteiger partial charge on any atom is 0.239 e. The van der Waals surface area contributed by atoms with E-state index in [0.29, 0.717) is 26.4 Å². The zero-order valence-corrected chi connectivity index (χ0v) is 11.1. The Morgan fingerprint density at radius 1 is 1.42 bits per heavy atom. The van der Waals surface area contributed by atoms with Crippen LogP contribution < -0.4 is 10.6 Å². The number of ether oxygens (including phenoxy) is 2. The Morgan fingerprint density at radius 2 is 2.16 bits per heavy atom. The number of carbonyl (C=O) groups excluding carboxylic acids is 1. The second-order valence-electron chi connectivity index (χ2n) is 4.55. The largest absolute Gasteiger partial charge is 0.380 e. The maximum atomic E-state index is 11.9. The van der Waals surface area contributed by atoms with Crippen LogP contribution in [0.3, 0.4) is 0 Å². The van der Waals surface area contributed by atoms with Crippen molar-refractivity contribution in [3.63, 3.8) is 0 Å². The van der Waals surface area contributed by atoms with E-state index in [-0.39, 0.29) is 11.9 Å². The van der Waals surface area contributed by atoms with Gasteiger partial charge in [-0.15, -0.1) is 0 Å². The Balaban J connectivity index is 1.79. The predicted octanol–water partition coefficient (Wildman–Crippen LogP) is 0.438. The van der Waals surface area contributed by atoms with E-state index in [1.807, 2.05) is 24.3 Å². The highest BCUT2D eigenvalue weighted by atomic mass is 16.5. The highest BCUT2D eigenvalue weighted by Gasteiger charge is 2.20. The van der Waals surface area contributed by atoms with Gasteiger partial charge in [0.25, 0.3) is 0 Å². The highest BCUT2D eigenvalue weighted by molar-refractivity contribution is 5.81. The van der Waals surface area contributed by atoms with Gasteiger partial charge in [0.2, 0.25) is 5.91 Å². The number of benzene rings is 1. The van der Waals surface area contributed by atoms with E-state index in [4.69, 9.17) is 9.47 Å². The van der Waals surface area contributed by atoms with E-state index in [1.54, 1.807) is 7.11 Å². The molecule has 1 aliphatic rings. The third kappa shape index (κ3) is 4.31. The first-order valence-electron chi connectivity index (χ1n) is 6.45. The third-order valence-electron chi connectivity index (χ3n) is 3.04. The van der Waals surface area contributed by atoms with E-state index in [1.165, 1.54) is 0 Å². The molecule has 0 saturated carbocycles. The van der Waals surface area contributed by atoms with E-state index >= 15 is 0 Å². The van der Waals surface area contributed by atoms with Crippen LogP contribution in [0.25, 0.3) is 0 Å². The second-order valence-corrected chi connectivity index (χ2v) is 4.55. The van der Waals surface area contributed by atoms with Gasteiger partial charge in [-0.25, -0.2) is 0 Å². The Bertz CT molecular complexity index is 400. The summed E-state index contributed by atoms with van der Waals surface area (Å²) in [6.45, 7) is 2.98. The minimum Gasteiger partial charge on any atom is -0.380 e. The van der Waals surface area contributed by atoms with Crippen molar-refractivity contribution in [3.8, 4) is 0 Å². The Morgan fingerprint density at radius 3 is 2.79 bits per heavy atom. The lowest BCUT2D eigenvalue weighted by atomic mass is 10.1. The summed E-state index contributed by atoms with van der Waals surface area (Å²) in [6.07, 6.45) is 0. The quantitative estimate of drug-likeness (QED) is 0.810. The van der Waals surface area contributed by atoms with Crippen LogP contribution in [0.15, 0.2) is 24.3 Å². The van der Waals surface area contributed by atoms with Crippen molar-refractivity contribution in [3.05, 3.63) is 35.4 Å². The molecule has 104 valence electrons. The van der Waals surface area contributed by atoms with Crippen molar-refractivity contribution in [2.45, 2.75) is 19.2 Å². The predicted molar refractivity (Wildman–Crippen MR) is 71.6 cm³/mol. The molecule has 5 nitrogen and oxygen atoms in total. The molecule has 1 aliphatic heterocycles. The number of nitrogens with one attached hydrogen (secondary N) is 2. The number of hydrogen-bond donors (Lipinski definition) is 2. The van der Waals surface area contributed by atoms with Gasteiger partial charge in [0.1, 0.15) is 6.04 Å². The minimum atomic E-state index is -0.235. The lowest BCUT2D eigenvalue weighted by molar-refractivity contribution is -0.126. The Kier molecular flexibility index (Phi) is 5.32. The fraction of sp³-hybridized carbons (Fsp3) is 0.500. The molecule has 1 atom stereocenters. The summed E-state index contributed by atoms with van der Waals surface area (Å²) in [5, 5.41) is 6.03. The molecule has 19 heavy (non-hydrogen) atoms. The standard InChI is InChI=1S/C14H20N2O3/c1-18-9-12-4-2-11(3-5-12)8-16-14(17)13-10-19-7-6-15-13/h2-5,13,15H,6-10H2,1H3,(H,16,17). The monoisotopic (exact) mass is 264 g/mol. The number of amides is 1. The molecule has 0 spiro atoms. The van der Waals surface area contributed by atoms with Crippen LogP contribution >= 0.6 is 0 Å².